The standard InChI is InChI=1S/C16H17N3O3/c1-20-14-6-11(7-15(21-2)16(14)22-3)9-18-13-5-4-12(8-17)19-10-13/h4-7,10,18H,9H2,1-3H3. The number of hydrogen-bond acceptors (Lipinski definition) is 6. The number of hydrogen-bond donors (Lipinski definition) is 1. The van der Waals surface area contributed by atoms with Crippen molar-refractivity contribution in [2.24, 2.45) is 0 Å². The monoisotopic (exact) mass is 299 g/mol. The Bertz CT molecular complexity index is 653. The highest BCUT2D eigenvalue weighted by atomic mass is 16.5. The number of nitrogens with one attached hydrogen (secondary N) is 1. The van der Waals surface area contributed by atoms with Crippen molar-refractivity contribution in [2.75, 3.05) is 26.6 Å². The maximum Gasteiger partial charge on any atom is 0.203 e. The summed E-state index contributed by atoms with van der Waals surface area (Å²) in [4.78, 5) is 4.01. The van der Waals surface area contributed by atoms with Crippen LogP contribution >= 0.6 is 0 Å². The average Bonchev–Trinajstić information content (AvgIpc) is 2.59. The van der Waals surface area contributed by atoms with E-state index in [9.17, 15) is 0 Å². The van der Waals surface area contributed by atoms with Crippen molar-refractivity contribution in [1.82, 2.24) is 4.98 Å². The van der Waals surface area contributed by atoms with Gasteiger partial charge < -0.3 is 19.5 Å². The van der Waals surface area contributed by atoms with Crippen molar-refractivity contribution in [3.63, 3.8) is 0 Å². The molecule has 0 aliphatic heterocycles. The summed E-state index contributed by atoms with van der Waals surface area (Å²) in [5.74, 6) is 1.78. The molecule has 0 aliphatic carbocycles. The molecule has 1 N–H and O–H groups in total. The molecule has 0 fully saturated rings. The molecule has 6 heteroatoms. The summed E-state index contributed by atoms with van der Waals surface area (Å²) >= 11 is 0. The quantitative estimate of drug-likeness (QED) is 0.883. The summed E-state index contributed by atoms with van der Waals surface area (Å²) < 4.78 is 15.9. The van der Waals surface area contributed by atoms with Gasteiger partial charge in [0.2, 0.25) is 5.75 Å². The number of rotatable bonds is 6. The Balaban J connectivity index is 2.16. The maximum absolute atomic E-state index is 8.73. The molecular weight excluding hydrogens is 282 g/mol. The van der Waals surface area contributed by atoms with Gasteiger partial charge in [-0.15, -0.1) is 0 Å². The Labute approximate surface area is 129 Å². The third-order valence-electron chi connectivity index (χ3n) is 3.10. The molecule has 0 amide bonds. The van der Waals surface area contributed by atoms with E-state index in [0.717, 1.165) is 11.3 Å². The normalized spacial score (nSPS) is 9.73. The molecule has 0 spiro atoms. The zero-order chi connectivity index (χ0) is 15.9. The molecule has 2 rings (SSSR count). The van der Waals surface area contributed by atoms with Gasteiger partial charge in [0, 0.05) is 6.54 Å². The van der Waals surface area contributed by atoms with Crippen LogP contribution in [0.3, 0.4) is 0 Å². The molecule has 1 heterocycles. The summed E-state index contributed by atoms with van der Waals surface area (Å²) in [5.41, 5.74) is 2.19. The number of methoxy groups -OCH3 is 3. The second-order valence-electron chi connectivity index (χ2n) is 4.43. The molecule has 0 atom stereocenters. The lowest BCUT2D eigenvalue weighted by molar-refractivity contribution is 0.324. The number of benzene rings is 1. The number of nitriles is 1. The summed E-state index contributed by atoms with van der Waals surface area (Å²) in [6.45, 7) is 0.560. The summed E-state index contributed by atoms with van der Waals surface area (Å²) in [6.07, 6.45) is 1.62. The molecule has 2 aromatic rings. The van der Waals surface area contributed by atoms with Crippen molar-refractivity contribution in [2.45, 2.75) is 6.54 Å². The molecule has 22 heavy (non-hydrogen) atoms. The zero-order valence-corrected chi connectivity index (χ0v) is 12.7. The predicted molar refractivity (Wildman–Crippen MR) is 82.4 cm³/mol. The van der Waals surface area contributed by atoms with Gasteiger partial charge in [0.25, 0.3) is 0 Å². The van der Waals surface area contributed by atoms with Gasteiger partial charge >= 0.3 is 0 Å². The first-order valence-corrected chi connectivity index (χ1v) is 6.60. The molecular formula is C16H17N3O3. The van der Waals surface area contributed by atoms with Crippen LogP contribution in [0.4, 0.5) is 5.69 Å². The SMILES string of the molecule is COc1cc(CNc2ccc(C#N)nc2)cc(OC)c1OC. The fourth-order valence-electron chi connectivity index (χ4n) is 2.01. The van der Waals surface area contributed by atoms with E-state index in [-0.39, 0.29) is 0 Å². The van der Waals surface area contributed by atoms with Crippen LogP contribution in [0, 0.1) is 11.3 Å². The highest BCUT2D eigenvalue weighted by Crippen LogP contribution is 2.38. The number of pyridine rings is 1. The van der Waals surface area contributed by atoms with Crippen LogP contribution in [-0.4, -0.2) is 26.3 Å². The molecule has 0 saturated heterocycles. The van der Waals surface area contributed by atoms with Crippen molar-refractivity contribution >= 4 is 5.69 Å². The lowest BCUT2D eigenvalue weighted by atomic mass is 10.1. The molecule has 0 unspecified atom stereocenters. The van der Waals surface area contributed by atoms with Crippen LogP contribution in [0.25, 0.3) is 0 Å². The topological polar surface area (TPSA) is 76.4 Å². The lowest BCUT2D eigenvalue weighted by Gasteiger charge is -2.14. The minimum atomic E-state index is 0.387. The maximum atomic E-state index is 8.73. The first-order valence-electron chi connectivity index (χ1n) is 6.60. The number of nitrogens with zero attached hydrogens (tertiary/aromatic N) is 2. The van der Waals surface area contributed by atoms with Crippen LogP contribution in [-0.2, 0) is 6.54 Å². The Morgan fingerprint density at radius 2 is 1.77 bits per heavy atom. The second kappa shape index (κ2) is 7.18. The Hall–Kier alpha value is -2.94. The van der Waals surface area contributed by atoms with Crippen LogP contribution in [0.1, 0.15) is 11.3 Å². The van der Waals surface area contributed by atoms with Crippen molar-refractivity contribution in [3.05, 3.63) is 41.7 Å². The van der Waals surface area contributed by atoms with Crippen molar-refractivity contribution in [1.29, 1.82) is 5.26 Å². The molecule has 0 radical (unpaired) electrons. The van der Waals surface area contributed by atoms with E-state index in [1.165, 1.54) is 0 Å². The summed E-state index contributed by atoms with van der Waals surface area (Å²) in [7, 11) is 4.73. The first kappa shape index (κ1) is 15.4. The zero-order valence-electron chi connectivity index (χ0n) is 12.7. The van der Waals surface area contributed by atoms with Crippen LogP contribution in [0.5, 0.6) is 17.2 Å². The minimum Gasteiger partial charge on any atom is -0.493 e. The van der Waals surface area contributed by atoms with Crippen molar-refractivity contribution in [3.8, 4) is 23.3 Å². The van der Waals surface area contributed by atoms with Gasteiger partial charge in [-0.2, -0.15) is 5.26 Å². The average molecular weight is 299 g/mol. The number of ether oxygens (including phenoxy) is 3. The minimum absolute atomic E-state index is 0.387. The predicted octanol–water partition coefficient (Wildman–Crippen LogP) is 2.59. The van der Waals surface area contributed by atoms with E-state index < -0.39 is 0 Å². The first-order chi connectivity index (χ1) is 10.7. The van der Waals surface area contributed by atoms with E-state index in [1.54, 1.807) is 33.6 Å². The van der Waals surface area contributed by atoms with Gasteiger partial charge in [-0.1, -0.05) is 0 Å². The molecule has 1 aromatic heterocycles. The lowest BCUT2D eigenvalue weighted by Crippen LogP contribution is -2.02. The third kappa shape index (κ3) is 3.38. The highest BCUT2D eigenvalue weighted by Gasteiger charge is 2.12. The molecule has 0 aliphatic rings. The molecule has 114 valence electrons. The van der Waals surface area contributed by atoms with Crippen molar-refractivity contribution < 1.29 is 14.2 Å². The van der Waals surface area contributed by atoms with E-state index >= 15 is 0 Å². The third-order valence-corrected chi connectivity index (χ3v) is 3.10. The Morgan fingerprint density at radius 1 is 1.09 bits per heavy atom. The highest BCUT2D eigenvalue weighted by molar-refractivity contribution is 5.54. The fraction of sp³-hybridized carbons (Fsp3) is 0.250. The van der Waals surface area contributed by atoms with E-state index in [4.69, 9.17) is 19.5 Å². The fourth-order valence-corrected chi connectivity index (χ4v) is 2.01. The van der Waals surface area contributed by atoms with Gasteiger partial charge in [-0.05, 0) is 29.8 Å². The largest absolute Gasteiger partial charge is 0.493 e. The number of aromatic nitrogens is 1. The van der Waals surface area contributed by atoms with Gasteiger partial charge in [0.05, 0.1) is 33.2 Å². The van der Waals surface area contributed by atoms with E-state index in [1.807, 2.05) is 24.3 Å². The molecule has 1 aromatic carbocycles. The summed E-state index contributed by atoms with van der Waals surface area (Å²) in [6, 6.07) is 9.22. The second-order valence-corrected chi connectivity index (χ2v) is 4.43. The van der Waals surface area contributed by atoms with Gasteiger partial charge in [0.15, 0.2) is 11.5 Å². The van der Waals surface area contributed by atoms with E-state index in [2.05, 4.69) is 10.3 Å². The van der Waals surface area contributed by atoms with Gasteiger partial charge in [0.1, 0.15) is 11.8 Å². The van der Waals surface area contributed by atoms with E-state index in [0.29, 0.717) is 29.5 Å². The molecule has 6 nitrogen and oxygen atoms in total. The Morgan fingerprint density at radius 3 is 2.23 bits per heavy atom. The van der Waals surface area contributed by atoms with Crippen LogP contribution < -0.4 is 19.5 Å². The smallest absolute Gasteiger partial charge is 0.203 e. The summed E-state index contributed by atoms with van der Waals surface area (Å²) in [5, 5.41) is 12.0. The van der Waals surface area contributed by atoms with Crippen LogP contribution in [0.15, 0.2) is 30.5 Å². The van der Waals surface area contributed by atoms with Gasteiger partial charge in [-0.3, -0.25) is 0 Å². The molecule has 0 bridgehead atoms. The number of anilines is 1. The van der Waals surface area contributed by atoms with Gasteiger partial charge in [-0.25, -0.2) is 4.98 Å². The Kier molecular flexibility index (Phi) is 5.04. The van der Waals surface area contributed by atoms with Crippen LogP contribution in [0.2, 0.25) is 0 Å². The molecule has 0 saturated carbocycles.